The Morgan fingerprint density at radius 3 is 2.89 bits per heavy atom. The number of likely N-dealkylation sites (tertiary alicyclic amines) is 1. The molecule has 0 aliphatic carbocycles. The Morgan fingerprint density at radius 2 is 2.17 bits per heavy atom. The molecular weight excluding hydrogens is 290 g/mol. The molecule has 2 nitrogen and oxygen atoms in total. The normalized spacial score (nSPS) is 21.6. The van der Waals surface area contributed by atoms with Crippen molar-refractivity contribution in [2.45, 2.75) is 45.2 Å². The van der Waals surface area contributed by atoms with Crippen molar-refractivity contribution in [3.05, 3.63) is 28.2 Å². The third-order valence-electron chi connectivity index (χ3n) is 3.79. The van der Waals surface area contributed by atoms with Gasteiger partial charge in [-0.25, -0.2) is 0 Å². The van der Waals surface area contributed by atoms with Crippen LogP contribution in [0.25, 0.3) is 0 Å². The third kappa shape index (κ3) is 3.48. The first-order valence-corrected chi connectivity index (χ1v) is 7.56. The SMILES string of the molecule is COc1ccc(CN2CCCCCC2C)cc1Br. The van der Waals surface area contributed by atoms with E-state index < -0.39 is 0 Å². The van der Waals surface area contributed by atoms with Crippen LogP contribution in [0.15, 0.2) is 22.7 Å². The second-order valence-electron chi connectivity index (χ2n) is 5.14. The van der Waals surface area contributed by atoms with Crippen molar-refractivity contribution < 1.29 is 4.74 Å². The van der Waals surface area contributed by atoms with Gasteiger partial charge in [-0.2, -0.15) is 0 Å². The minimum absolute atomic E-state index is 0.702. The summed E-state index contributed by atoms with van der Waals surface area (Å²) >= 11 is 3.56. The summed E-state index contributed by atoms with van der Waals surface area (Å²) in [4.78, 5) is 2.60. The van der Waals surface area contributed by atoms with Gasteiger partial charge < -0.3 is 4.74 Å². The second kappa shape index (κ2) is 6.58. The number of methoxy groups -OCH3 is 1. The van der Waals surface area contributed by atoms with Gasteiger partial charge >= 0.3 is 0 Å². The smallest absolute Gasteiger partial charge is 0.133 e. The predicted octanol–water partition coefficient (Wildman–Crippen LogP) is 4.22. The van der Waals surface area contributed by atoms with Crippen molar-refractivity contribution in [1.82, 2.24) is 4.90 Å². The lowest BCUT2D eigenvalue weighted by molar-refractivity contribution is 0.205. The molecule has 0 amide bonds. The fourth-order valence-corrected chi connectivity index (χ4v) is 3.20. The van der Waals surface area contributed by atoms with Crippen LogP contribution >= 0.6 is 15.9 Å². The number of halogens is 1. The summed E-state index contributed by atoms with van der Waals surface area (Å²) in [6.07, 6.45) is 5.43. The van der Waals surface area contributed by atoms with E-state index in [-0.39, 0.29) is 0 Å². The summed E-state index contributed by atoms with van der Waals surface area (Å²) in [6.45, 7) is 4.62. The Bertz CT molecular complexity index is 394. The first-order chi connectivity index (χ1) is 8.70. The van der Waals surface area contributed by atoms with Gasteiger partial charge in [-0.1, -0.05) is 18.9 Å². The molecule has 1 heterocycles. The molecular formula is C15H22BrNO. The molecule has 0 radical (unpaired) electrons. The van der Waals surface area contributed by atoms with Gasteiger partial charge in [0.2, 0.25) is 0 Å². The van der Waals surface area contributed by atoms with Crippen LogP contribution in [-0.2, 0) is 6.54 Å². The Morgan fingerprint density at radius 1 is 1.33 bits per heavy atom. The van der Waals surface area contributed by atoms with Crippen molar-refractivity contribution in [3.63, 3.8) is 0 Å². The summed E-state index contributed by atoms with van der Waals surface area (Å²) in [5.41, 5.74) is 1.36. The van der Waals surface area contributed by atoms with Crippen LogP contribution in [0.5, 0.6) is 5.75 Å². The third-order valence-corrected chi connectivity index (χ3v) is 4.41. The number of hydrogen-bond acceptors (Lipinski definition) is 2. The number of hydrogen-bond donors (Lipinski definition) is 0. The first-order valence-electron chi connectivity index (χ1n) is 6.77. The fourth-order valence-electron chi connectivity index (χ4n) is 2.61. The van der Waals surface area contributed by atoms with Gasteiger partial charge in [-0.3, -0.25) is 4.90 Å². The van der Waals surface area contributed by atoms with E-state index in [1.165, 1.54) is 37.8 Å². The maximum absolute atomic E-state index is 5.27. The quantitative estimate of drug-likeness (QED) is 0.828. The van der Waals surface area contributed by atoms with Crippen molar-refractivity contribution in [3.8, 4) is 5.75 Å². The van der Waals surface area contributed by atoms with E-state index in [1.54, 1.807) is 7.11 Å². The monoisotopic (exact) mass is 311 g/mol. The van der Waals surface area contributed by atoms with Crippen molar-refractivity contribution in [1.29, 1.82) is 0 Å². The summed E-state index contributed by atoms with van der Waals surface area (Å²) in [6, 6.07) is 7.09. The highest BCUT2D eigenvalue weighted by molar-refractivity contribution is 9.10. The molecule has 0 spiro atoms. The van der Waals surface area contributed by atoms with Gasteiger partial charge in [0, 0.05) is 12.6 Å². The molecule has 0 bridgehead atoms. The molecule has 18 heavy (non-hydrogen) atoms. The largest absolute Gasteiger partial charge is 0.496 e. The summed E-state index contributed by atoms with van der Waals surface area (Å²) < 4.78 is 6.32. The first kappa shape index (κ1) is 13.9. The predicted molar refractivity (Wildman–Crippen MR) is 79.0 cm³/mol. The highest BCUT2D eigenvalue weighted by Gasteiger charge is 2.17. The van der Waals surface area contributed by atoms with E-state index in [4.69, 9.17) is 4.74 Å². The van der Waals surface area contributed by atoms with Crippen molar-refractivity contribution in [2.75, 3.05) is 13.7 Å². The van der Waals surface area contributed by atoms with Gasteiger partial charge in [-0.05, 0) is 59.9 Å². The standard InChI is InChI=1S/C15H22BrNO/c1-12-6-4-3-5-9-17(12)11-13-7-8-15(18-2)14(16)10-13/h7-8,10,12H,3-6,9,11H2,1-2H3. The lowest BCUT2D eigenvalue weighted by atomic mass is 10.1. The topological polar surface area (TPSA) is 12.5 Å². The van der Waals surface area contributed by atoms with Gasteiger partial charge in [-0.15, -0.1) is 0 Å². The zero-order valence-corrected chi connectivity index (χ0v) is 12.9. The highest BCUT2D eigenvalue weighted by atomic mass is 79.9. The van der Waals surface area contributed by atoms with Gasteiger partial charge in [0.1, 0.15) is 5.75 Å². The molecule has 1 unspecified atom stereocenters. The van der Waals surface area contributed by atoms with E-state index in [9.17, 15) is 0 Å². The molecule has 0 saturated carbocycles. The van der Waals surface area contributed by atoms with E-state index in [0.29, 0.717) is 6.04 Å². The van der Waals surface area contributed by atoms with Crippen LogP contribution in [-0.4, -0.2) is 24.6 Å². The van der Waals surface area contributed by atoms with Gasteiger partial charge in [0.25, 0.3) is 0 Å². The Hall–Kier alpha value is -0.540. The van der Waals surface area contributed by atoms with Crippen LogP contribution in [0, 0.1) is 0 Å². The minimum atomic E-state index is 0.702. The summed E-state index contributed by atoms with van der Waals surface area (Å²) in [5, 5.41) is 0. The highest BCUT2D eigenvalue weighted by Crippen LogP contribution is 2.27. The molecule has 1 aliphatic rings. The zero-order valence-electron chi connectivity index (χ0n) is 11.3. The summed E-state index contributed by atoms with van der Waals surface area (Å²) in [5.74, 6) is 0.905. The molecule has 3 heteroatoms. The van der Waals surface area contributed by atoms with Gasteiger partial charge in [0.05, 0.1) is 11.6 Å². The molecule has 0 aromatic heterocycles. The Kier molecular flexibility index (Phi) is 5.07. The van der Waals surface area contributed by atoms with Crippen LogP contribution in [0.2, 0.25) is 0 Å². The number of nitrogens with zero attached hydrogens (tertiary/aromatic N) is 1. The van der Waals surface area contributed by atoms with E-state index in [0.717, 1.165) is 16.8 Å². The molecule has 2 rings (SSSR count). The summed E-state index contributed by atoms with van der Waals surface area (Å²) in [7, 11) is 1.71. The van der Waals surface area contributed by atoms with Crippen LogP contribution < -0.4 is 4.74 Å². The average Bonchev–Trinajstić information content (AvgIpc) is 2.55. The Balaban J connectivity index is 2.05. The molecule has 1 aromatic rings. The fraction of sp³-hybridized carbons (Fsp3) is 0.600. The zero-order chi connectivity index (χ0) is 13.0. The number of rotatable bonds is 3. The number of benzene rings is 1. The van der Waals surface area contributed by atoms with Crippen molar-refractivity contribution in [2.24, 2.45) is 0 Å². The lowest BCUT2D eigenvalue weighted by Crippen LogP contribution is -2.31. The average molecular weight is 312 g/mol. The van der Waals surface area contributed by atoms with Crippen molar-refractivity contribution >= 4 is 15.9 Å². The van der Waals surface area contributed by atoms with E-state index in [1.807, 2.05) is 6.07 Å². The molecule has 1 saturated heterocycles. The van der Waals surface area contributed by atoms with Crippen LogP contribution in [0.4, 0.5) is 0 Å². The molecule has 1 fully saturated rings. The molecule has 1 aromatic carbocycles. The minimum Gasteiger partial charge on any atom is -0.496 e. The van der Waals surface area contributed by atoms with E-state index >= 15 is 0 Å². The molecule has 100 valence electrons. The maximum atomic E-state index is 5.27. The van der Waals surface area contributed by atoms with Crippen LogP contribution in [0.1, 0.15) is 38.2 Å². The van der Waals surface area contributed by atoms with Gasteiger partial charge in [0.15, 0.2) is 0 Å². The maximum Gasteiger partial charge on any atom is 0.133 e. The number of ether oxygens (including phenoxy) is 1. The Labute approximate surface area is 118 Å². The second-order valence-corrected chi connectivity index (χ2v) is 5.99. The molecule has 1 aliphatic heterocycles. The van der Waals surface area contributed by atoms with E-state index in [2.05, 4.69) is 39.9 Å². The molecule has 0 N–H and O–H groups in total. The lowest BCUT2D eigenvalue weighted by Gasteiger charge is -2.27. The van der Waals surface area contributed by atoms with Crippen LogP contribution in [0.3, 0.4) is 0 Å². The molecule has 1 atom stereocenters.